The summed E-state index contributed by atoms with van der Waals surface area (Å²) in [5.41, 5.74) is 3.03. The first-order valence-electron chi connectivity index (χ1n) is 6.56. The molecule has 0 N–H and O–H groups in total. The number of ketones is 1. The van der Waals surface area contributed by atoms with Crippen molar-refractivity contribution in [3.63, 3.8) is 0 Å². The lowest BCUT2D eigenvalue weighted by Crippen LogP contribution is -2.11. The van der Waals surface area contributed by atoms with Gasteiger partial charge in [-0.2, -0.15) is 0 Å². The van der Waals surface area contributed by atoms with Gasteiger partial charge in [0.25, 0.3) is 0 Å². The summed E-state index contributed by atoms with van der Waals surface area (Å²) in [6, 6.07) is 6.23. The zero-order valence-corrected chi connectivity index (χ0v) is 11.2. The van der Waals surface area contributed by atoms with Gasteiger partial charge in [-0.05, 0) is 29.5 Å². The van der Waals surface area contributed by atoms with E-state index in [1.165, 1.54) is 5.56 Å². The van der Waals surface area contributed by atoms with Crippen molar-refractivity contribution in [3.8, 4) is 0 Å². The first-order valence-corrected chi connectivity index (χ1v) is 6.56. The molecule has 0 amide bonds. The molecule has 0 unspecified atom stereocenters. The number of benzene rings is 1. The van der Waals surface area contributed by atoms with E-state index in [0.717, 1.165) is 35.1 Å². The minimum Gasteiger partial charge on any atom is -0.460 e. The monoisotopic (exact) mass is 242 g/mol. The molecule has 1 aliphatic rings. The van der Waals surface area contributed by atoms with Gasteiger partial charge >= 0.3 is 0 Å². The van der Waals surface area contributed by atoms with Gasteiger partial charge in [-0.15, -0.1) is 0 Å². The smallest absolute Gasteiger partial charge is 0.167 e. The maximum atomic E-state index is 12.1. The summed E-state index contributed by atoms with van der Waals surface area (Å²) in [7, 11) is 0. The molecular formula is C16H18O2. The highest BCUT2D eigenvalue weighted by atomic mass is 16.3. The highest BCUT2D eigenvalue weighted by molar-refractivity contribution is 6.09. The van der Waals surface area contributed by atoms with E-state index >= 15 is 0 Å². The Morgan fingerprint density at radius 2 is 1.94 bits per heavy atom. The van der Waals surface area contributed by atoms with Crippen molar-refractivity contribution in [3.05, 3.63) is 35.1 Å². The molecule has 0 aliphatic heterocycles. The fraction of sp³-hybridized carbons (Fsp3) is 0.438. The van der Waals surface area contributed by atoms with Crippen LogP contribution in [0, 0.1) is 0 Å². The normalized spacial score (nSPS) is 16.1. The average molecular weight is 242 g/mol. The van der Waals surface area contributed by atoms with E-state index in [0.29, 0.717) is 6.42 Å². The Labute approximate surface area is 107 Å². The topological polar surface area (TPSA) is 30.2 Å². The molecule has 0 fully saturated rings. The Bertz CT molecular complexity index is 626. The molecular weight excluding hydrogens is 224 g/mol. The van der Waals surface area contributed by atoms with E-state index in [2.05, 4.69) is 32.9 Å². The fourth-order valence-corrected chi connectivity index (χ4v) is 2.63. The third-order valence-corrected chi connectivity index (χ3v) is 3.71. The molecule has 1 heterocycles. The minimum atomic E-state index is 0.0933. The van der Waals surface area contributed by atoms with Crippen LogP contribution in [0.1, 0.15) is 55.3 Å². The quantitative estimate of drug-likeness (QED) is 0.691. The number of Topliss-reactive ketones (excluding diaryl/α,β-unsaturated/α-hetero) is 1. The summed E-state index contributed by atoms with van der Waals surface area (Å²) in [5.74, 6) is 1.12. The van der Waals surface area contributed by atoms with Gasteiger partial charge in [-0.25, -0.2) is 0 Å². The van der Waals surface area contributed by atoms with Gasteiger partial charge < -0.3 is 4.42 Å². The average Bonchev–Trinajstić information content (AvgIpc) is 2.66. The predicted octanol–water partition coefficient (Wildman–Crippen LogP) is 4.25. The highest BCUT2D eigenvalue weighted by Gasteiger charge is 2.25. The van der Waals surface area contributed by atoms with Crippen LogP contribution >= 0.6 is 0 Å². The van der Waals surface area contributed by atoms with Crippen molar-refractivity contribution >= 4 is 16.8 Å². The molecule has 1 aromatic carbocycles. The summed E-state index contributed by atoms with van der Waals surface area (Å²) >= 11 is 0. The molecule has 0 bridgehead atoms. The molecule has 1 aromatic heterocycles. The summed E-state index contributed by atoms with van der Waals surface area (Å²) in [4.78, 5) is 12.1. The molecule has 0 spiro atoms. The van der Waals surface area contributed by atoms with Crippen LogP contribution < -0.4 is 0 Å². The number of carbonyl (C=O) groups is 1. The maximum Gasteiger partial charge on any atom is 0.167 e. The van der Waals surface area contributed by atoms with Crippen LogP contribution in [0.25, 0.3) is 11.0 Å². The molecule has 94 valence electrons. The first-order chi connectivity index (χ1) is 8.47. The van der Waals surface area contributed by atoms with Gasteiger partial charge in [0.05, 0.1) is 5.56 Å². The molecule has 0 saturated heterocycles. The lowest BCUT2D eigenvalue weighted by Gasteiger charge is -2.18. The lowest BCUT2D eigenvalue weighted by molar-refractivity contribution is 0.0971. The zero-order chi connectivity index (χ0) is 12.9. The van der Waals surface area contributed by atoms with E-state index in [-0.39, 0.29) is 11.2 Å². The maximum absolute atomic E-state index is 12.1. The second kappa shape index (κ2) is 3.71. The van der Waals surface area contributed by atoms with Gasteiger partial charge in [0.15, 0.2) is 5.78 Å². The van der Waals surface area contributed by atoms with Crippen molar-refractivity contribution in [1.82, 2.24) is 0 Å². The summed E-state index contributed by atoms with van der Waals surface area (Å²) in [6.45, 7) is 6.55. The molecule has 1 aliphatic carbocycles. The van der Waals surface area contributed by atoms with E-state index < -0.39 is 0 Å². The Kier molecular flexibility index (Phi) is 2.37. The highest BCUT2D eigenvalue weighted by Crippen LogP contribution is 2.34. The molecule has 2 heteroatoms. The van der Waals surface area contributed by atoms with Crippen molar-refractivity contribution in [2.45, 2.75) is 45.4 Å². The Morgan fingerprint density at radius 1 is 1.17 bits per heavy atom. The number of hydrogen-bond donors (Lipinski definition) is 0. The Hall–Kier alpha value is -1.57. The number of furan rings is 1. The van der Waals surface area contributed by atoms with Gasteiger partial charge in [-0.1, -0.05) is 26.8 Å². The van der Waals surface area contributed by atoms with Crippen LogP contribution in [0.3, 0.4) is 0 Å². The van der Waals surface area contributed by atoms with E-state index in [1.54, 1.807) is 0 Å². The van der Waals surface area contributed by atoms with E-state index in [4.69, 9.17) is 4.42 Å². The number of aryl methyl sites for hydroxylation is 1. The molecule has 2 aromatic rings. The number of carbonyl (C=O) groups excluding carboxylic acids is 1. The largest absolute Gasteiger partial charge is 0.460 e. The van der Waals surface area contributed by atoms with Crippen LogP contribution in [0.5, 0.6) is 0 Å². The van der Waals surface area contributed by atoms with Crippen molar-refractivity contribution in [2.75, 3.05) is 0 Å². The summed E-state index contributed by atoms with van der Waals surface area (Å²) < 4.78 is 5.81. The van der Waals surface area contributed by atoms with Crippen LogP contribution in [0.4, 0.5) is 0 Å². The van der Waals surface area contributed by atoms with E-state index in [1.807, 2.05) is 6.07 Å². The number of fused-ring (bicyclic) bond motifs is 3. The molecule has 0 radical (unpaired) electrons. The minimum absolute atomic E-state index is 0.0933. The molecule has 18 heavy (non-hydrogen) atoms. The standard InChI is InChI=1S/C16H18O2/c1-16(2,3)10-7-8-13-11(9-10)15-12(17)5-4-6-14(15)18-13/h7-9H,4-6H2,1-3H3. The molecule has 3 rings (SSSR count). The number of rotatable bonds is 0. The van der Waals surface area contributed by atoms with Crippen molar-refractivity contribution in [1.29, 1.82) is 0 Å². The predicted molar refractivity (Wildman–Crippen MR) is 72.2 cm³/mol. The Balaban J connectivity index is 2.27. The lowest BCUT2D eigenvalue weighted by atomic mass is 9.85. The SMILES string of the molecule is CC(C)(C)c1ccc2oc3c(c2c1)C(=O)CCC3. The second-order valence-electron chi connectivity index (χ2n) is 6.14. The third kappa shape index (κ3) is 1.67. The third-order valence-electron chi connectivity index (χ3n) is 3.71. The second-order valence-corrected chi connectivity index (χ2v) is 6.14. The summed E-state index contributed by atoms with van der Waals surface area (Å²) in [5, 5.41) is 1.00. The zero-order valence-electron chi connectivity index (χ0n) is 11.2. The van der Waals surface area contributed by atoms with Gasteiger partial charge in [0.2, 0.25) is 0 Å². The Morgan fingerprint density at radius 3 is 2.67 bits per heavy atom. The van der Waals surface area contributed by atoms with Gasteiger partial charge in [0.1, 0.15) is 11.3 Å². The number of hydrogen-bond acceptors (Lipinski definition) is 2. The first kappa shape index (κ1) is 11.5. The fourth-order valence-electron chi connectivity index (χ4n) is 2.63. The van der Waals surface area contributed by atoms with Crippen LogP contribution in [0.2, 0.25) is 0 Å². The molecule has 0 atom stereocenters. The van der Waals surface area contributed by atoms with E-state index in [9.17, 15) is 4.79 Å². The van der Waals surface area contributed by atoms with Crippen molar-refractivity contribution in [2.24, 2.45) is 0 Å². The van der Waals surface area contributed by atoms with Crippen LogP contribution in [-0.4, -0.2) is 5.78 Å². The van der Waals surface area contributed by atoms with Gasteiger partial charge in [-0.3, -0.25) is 4.79 Å². The molecule has 2 nitrogen and oxygen atoms in total. The summed E-state index contributed by atoms with van der Waals surface area (Å²) in [6.07, 6.45) is 2.46. The molecule has 0 saturated carbocycles. The van der Waals surface area contributed by atoms with Crippen LogP contribution in [0.15, 0.2) is 22.6 Å². The van der Waals surface area contributed by atoms with Crippen molar-refractivity contribution < 1.29 is 9.21 Å². The van der Waals surface area contributed by atoms with Crippen LogP contribution in [-0.2, 0) is 11.8 Å². The van der Waals surface area contributed by atoms with Gasteiger partial charge in [0, 0.05) is 18.2 Å².